The summed E-state index contributed by atoms with van der Waals surface area (Å²) in [5.74, 6) is -1.55. The van der Waals surface area contributed by atoms with E-state index in [1.165, 1.54) is 0 Å². The van der Waals surface area contributed by atoms with Gasteiger partial charge < -0.3 is 10.4 Å². The van der Waals surface area contributed by atoms with Crippen LogP contribution >= 0.6 is 11.6 Å². The Morgan fingerprint density at radius 2 is 1.89 bits per heavy atom. The summed E-state index contributed by atoms with van der Waals surface area (Å²) < 4.78 is 0. The predicted octanol–water partition coefficient (Wildman–Crippen LogP) is 2.57. The summed E-state index contributed by atoms with van der Waals surface area (Å²) in [5, 5.41) is 12.1. The molecule has 1 aromatic carbocycles. The number of halogens is 1. The summed E-state index contributed by atoms with van der Waals surface area (Å²) in [6, 6.07) is 5.43. The second-order valence-electron chi connectivity index (χ2n) is 4.18. The van der Waals surface area contributed by atoms with Crippen molar-refractivity contribution in [2.45, 2.75) is 26.3 Å². The molecular formula is C13H16ClNO3. The number of carboxylic acid groups (broad SMARTS) is 1. The Hall–Kier alpha value is -1.55. The zero-order valence-electron chi connectivity index (χ0n) is 10.3. The fraction of sp³-hybridized carbons (Fsp3) is 0.385. The highest BCUT2D eigenvalue weighted by Gasteiger charge is 2.25. The number of amides is 1. The lowest BCUT2D eigenvalue weighted by Crippen LogP contribution is -2.45. The normalized spacial score (nSPS) is 13.7. The number of hydrogen-bond acceptors (Lipinski definition) is 2. The van der Waals surface area contributed by atoms with Crippen LogP contribution in [-0.2, 0) is 4.79 Å². The van der Waals surface area contributed by atoms with Crippen molar-refractivity contribution in [2.75, 3.05) is 0 Å². The summed E-state index contributed by atoms with van der Waals surface area (Å²) in [4.78, 5) is 23.0. The van der Waals surface area contributed by atoms with Crippen molar-refractivity contribution in [3.63, 3.8) is 0 Å². The lowest BCUT2D eigenvalue weighted by atomic mass is 9.99. The second-order valence-corrected chi connectivity index (χ2v) is 4.62. The van der Waals surface area contributed by atoms with Crippen LogP contribution in [0.5, 0.6) is 0 Å². The maximum absolute atomic E-state index is 11.9. The van der Waals surface area contributed by atoms with Crippen molar-refractivity contribution < 1.29 is 14.7 Å². The van der Waals surface area contributed by atoms with Gasteiger partial charge in [0.1, 0.15) is 6.04 Å². The molecule has 0 saturated carbocycles. The summed E-state index contributed by atoms with van der Waals surface area (Å²) in [6.45, 7) is 3.68. The monoisotopic (exact) mass is 269 g/mol. The molecule has 0 bridgehead atoms. The van der Waals surface area contributed by atoms with Gasteiger partial charge in [0.15, 0.2) is 0 Å². The van der Waals surface area contributed by atoms with Gasteiger partial charge in [0.2, 0.25) is 0 Å². The lowest BCUT2D eigenvalue weighted by Gasteiger charge is -2.20. The third kappa shape index (κ3) is 3.74. The third-order valence-electron chi connectivity index (χ3n) is 2.87. The van der Waals surface area contributed by atoms with Crippen LogP contribution in [0.25, 0.3) is 0 Å². The van der Waals surface area contributed by atoms with Gasteiger partial charge in [-0.2, -0.15) is 0 Å². The van der Waals surface area contributed by atoms with Gasteiger partial charge in [-0.1, -0.05) is 31.9 Å². The molecule has 1 aromatic rings. The van der Waals surface area contributed by atoms with Crippen LogP contribution in [0.2, 0.25) is 5.02 Å². The molecule has 4 nitrogen and oxygen atoms in total. The number of aliphatic carboxylic acids is 1. The average molecular weight is 270 g/mol. The summed E-state index contributed by atoms with van der Waals surface area (Å²) in [6.07, 6.45) is 0.678. The highest BCUT2D eigenvalue weighted by atomic mass is 35.5. The van der Waals surface area contributed by atoms with Crippen LogP contribution in [0.3, 0.4) is 0 Å². The SMILES string of the molecule is CC[C@H](C)[C@@H](NC(=O)c1ccc(Cl)cc1)C(=O)O. The van der Waals surface area contributed by atoms with Crippen molar-refractivity contribution in [3.05, 3.63) is 34.9 Å². The van der Waals surface area contributed by atoms with E-state index in [1.54, 1.807) is 31.2 Å². The molecule has 0 spiro atoms. The number of hydrogen-bond donors (Lipinski definition) is 2. The molecule has 2 atom stereocenters. The maximum Gasteiger partial charge on any atom is 0.326 e. The molecule has 0 unspecified atom stereocenters. The molecule has 0 aromatic heterocycles. The fourth-order valence-corrected chi connectivity index (χ4v) is 1.63. The van der Waals surface area contributed by atoms with Gasteiger partial charge in [0.05, 0.1) is 0 Å². The number of nitrogens with one attached hydrogen (secondary N) is 1. The van der Waals surface area contributed by atoms with E-state index in [2.05, 4.69) is 5.32 Å². The molecule has 1 amide bonds. The Morgan fingerprint density at radius 3 is 2.33 bits per heavy atom. The van der Waals surface area contributed by atoms with E-state index in [-0.39, 0.29) is 5.92 Å². The third-order valence-corrected chi connectivity index (χ3v) is 3.12. The predicted molar refractivity (Wildman–Crippen MR) is 69.8 cm³/mol. The first kappa shape index (κ1) is 14.5. The van der Waals surface area contributed by atoms with Crippen LogP contribution in [0.15, 0.2) is 24.3 Å². The molecule has 2 N–H and O–H groups in total. The van der Waals surface area contributed by atoms with E-state index in [4.69, 9.17) is 16.7 Å². The van der Waals surface area contributed by atoms with Gasteiger partial charge in [0.25, 0.3) is 5.91 Å². The van der Waals surface area contributed by atoms with E-state index >= 15 is 0 Å². The molecule has 0 saturated heterocycles. The van der Waals surface area contributed by atoms with E-state index < -0.39 is 17.9 Å². The van der Waals surface area contributed by atoms with Gasteiger partial charge in [-0.15, -0.1) is 0 Å². The Bertz CT molecular complexity index is 430. The van der Waals surface area contributed by atoms with Gasteiger partial charge in [-0.05, 0) is 30.2 Å². The van der Waals surface area contributed by atoms with Crippen molar-refractivity contribution in [3.8, 4) is 0 Å². The van der Waals surface area contributed by atoms with Crippen molar-refractivity contribution in [1.29, 1.82) is 0 Å². The molecule has 5 heteroatoms. The van der Waals surface area contributed by atoms with Gasteiger partial charge in [-0.3, -0.25) is 4.79 Å². The highest BCUT2D eigenvalue weighted by Crippen LogP contribution is 2.12. The summed E-state index contributed by atoms with van der Waals surface area (Å²) in [5.41, 5.74) is 0.397. The molecule has 0 aliphatic rings. The number of benzene rings is 1. The van der Waals surface area contributed by atoms with Crippen LogP contribution in [0.4, 0.5) is 0 Å². The lowest BCUT2D eigenvalue weighted by molar-refractivity contribution is -0.140. The minimum Gasteiger partial charge on any atom is -0.480 e. The topological polar surface area (TPSA) is 66.4 Å². The first-order valence-corrected chi connectivity index (χ1v) is 6.12. The van der Waals surface area contributed by atoms with Crippen molar-refractivity contribution in [2.24, 2.45) is 5.92 Å². The minimum absolute atomic E-state index is 0.126. The first-order chi connectivity index (χ1) is 8.45. The van der Waals surface area contributed by atoms with Gasteiger partial charge in [-0.25, -0.2) is 4.79 Å². The Kier molecular flexibility index (Phi) is 5.16. The minimum atomic E-state index is -1.02. The van der Waals surface area contributed by atoms with Crippen LogP contribution in [-0.4, -0.2) is 23.0 Å². The Balaban J connectivity index is 2.78. The average Bonchev–Trinajstić information content (AvgIpc) is 2.35. The van der Waals surface area contributed by atoms with Crippen molar-refractivity contribution >= 4 is 23.5 Å². The standard InChI is InChI=1S/C13H16ClNO3/c1-3-8(2)11(13(17)18)15-12(16)9-4-6-10(14)7-5-9/h4-8,11H,3H2,1-2H3,(H,15,16)(H,17,18)/t8-,11+/m0/s1. The summed E-state index contributed by atoms with van der Waals surface area (Å²) in [7, 11) is 0. The number of rotatable bonds is 5. The van der Waals surface area contributed by atoms with E-state index in [0.29, 0.717) is 17.0 Å². The Morgan fingerprint density at radius 1 is 1.33 bits per heavy atom. The van der Waals surface area contributed by atoms with E-state index in [9.17, 15) is 9.59 Å². The van der Waals surface area contributed by atoms with Gasteiger partial charge >= 0.3 is 5.97 Å². The van der Waals surface area contributed by atoms with E-state index in [0.717, 1.165) is 0 Å². The van der Waals surface area contributed by atoms with Crippen LogP contribution in [0.1, 0.15) is 30.6 Å². The molecule has 0 fully saturated rings. The van der Waals surface area contributed by atoms with Crippen LogP contribution in [0, 0.1) is 5.92 Å². The molecule has 0 aliphatic carbocycles. The Labute approximate surface area is 111 Å². The zero-order valence-corrected chi connectivity index (χ0v) is 11.1. The molecule has 98 valence electrons. The number of carbonyl (C=O) groups excluding carboxylic acids is 1. The molecule has 1 rings (SSSR count). The highest BCUT2D eigenvalue weighted by molar-refractivity contribution is 6.30. The summed E-state index contributed by atoms with van der Waals surface area (Å²) >= 11 is 5.72. The largest absolute Gasteiger partial charge is 0.480 e. The molecule has 0 radical (unpaired) electrons. The molecule has 0 aliphatic heterocycles. The molecular weight excluding hydrogens is 254 g/mol. The smallest absolute Gasteiger partial charge is 0.326 e. The molecule has 18 heavy (non-hydrogen) atoms. The van der Waals surface area contributed by atoms with Crippen LogP contribution < -0.4 is 5.32 Å². The zero-order chi connectivity index (χ0) is 13.7. The van der Waals surface area contributed by atoms with Gasteiger partial charge in [0, 0.05) is 10.6 Å². The number of carboxylic acids is 1. The fourth-order valence-electron chi connectivity index (χ4n) is 1.51. The second kappa shape index (κ2) is 6.40. The van der Waals surface area contributed by atoms with Crippen molar-refractivity contribution in [1.82, 2.24) is 5.32 Å². The molecule has 0 heterocycles. The first-order valence-electron chi connectivity index (χ1n) is 5.75. The van der Waals surface area contributed by atoms with E-state index in [1.807, 2.05) is 6.92 Å². The number of carbonyl (C=O) groups is 2. The maximum atomic E-state index is 11.9. The quantitative estimate of drug-likeness (QED) is 0.863.